The summed E-state index contributed by atoms with van der Waals surface area (Å²) in [7, 11) is -35.3. The molecule has 0 atom stereocenters. The maximum atomic E-state index is 11.9. The fourth-order valence-electron chi connectivity index (χ4n) is 13.2. The molecule has 0 aromatic heterocycles. The number of carbonyl (C=O) groups is 1. The molecular weight excluding hydrogens is 1290 g/mol. The smallest absolute Gasteiger partial charge is 0.463 e. The predicted octanol–water partition coefficient (Wildman–Crippen LogP) is 20.7. The largest absolute Gasteiger partial charge is 0.646 e. The molecule has 6 rings (SSSR count). The van der Waals surface area contributed by atoms with Crippen LogP contribution in [0.3, 0.4) is 0 Å². The molecule has 0 aromatic rings. The van der Waals surface area contributed by atoms with Crippen LogP contribution >= 0.6 is 0 Å². The van der Waals surface area contributed by atoms with Gasteiger partial charge >= 0.3 is 76.6 Å². The van der Waals surface area contributed by atoms with Crippen LogP contribution in [0, 0.1) is 41.4 Å². The third-order valence-electron chi connectivity index (χ3n) is 18.1. The van der Waals surface area contributed by atoms with Gasteiger partial charge in [-0.2, -0.15) is 0 Å². The molecule has 6 aliphatic rings. The summed E-state index contributed by atoms with van der Waals surface area (Å²) in [5.41, 5.74) is 0. The van der Waals surface area contributed by atoms with Gasteiger partial charge in [0.05, 0.1) is 6.61 Å². The van der Waals surface area contributed by atoms with E-state index in [1.807, 2.05) is 0 Å². The second-order valence-corrected chi connectivity index (χ2v) is 57.4. The fourth-order valence-corrected chi connectivity index (χ4v) is 65.6. The number of unbranched alkanes of at least 4 members (excludes halogenated alkanes) is 17. The normalized spacial score (nSPS) is 29.2. The van der Waals surface area contributed by atoms with Gasteiger partial charge in [0.1, 0.15) is 0 Å². The van der Waals surface area contributed by atoms with Gasteiger partial charge in [-0.25, -0.2) is 4.79 Å². The first-order valence-electron chi connectivity index (χ1n) is 37.5. The highest BCUT2D eigenvalue weighted by Gasteiger charge is 2.84. The number of rotatable bonds is 52. The van der Waals surface area contributed by atoms with E-state index in [-0.39, 0.29) is 5.97 Å². The lowest BCUT2D eigenvalue weighted by atomic mass is 10.1. The van der Waals surface area contributed by atoms with Crippen LogP contribution in [-0.4, -0.2) is 92.3 Å². The number of esters is 1. The highest BCUT2D eigenvalue weighted by Crippen LogP contribution is 2.55. The lowest BCUT2D eigenvalue weighted by Crippen LogP contribution is -2.88. The van der Waals surface area contributed by atoms with Crippen LogP contribution in [0.5, 0.6) is 0 Å². The Bertz CT molecular complexity index is 1800. The van der Waals surface area contributed by atoms with Gasteiger partial charge in [-0.05, 0) is 105 Å². The van der Waals surface area contributed by atoms with Crippen molar-refractivity contribution in [3.63, 3.8) is 0 Å². The third-order valence-corrected chi connectivity index (χ3v) is 57.5. The maximum absolute atomic E-state index is 11.9. The Morgan fingerprint density at radius 3 is 0.756 bits per heavy atom. The summed E-state index contributed by atoms with van der Waals surface area (Å²) < 4.78 is 113. The molecule has 0 spiro atoms. The SMILES string of the molecule is C=CC(=O)OCCCCCC[Si](C)O[Si]12O[Si]3(CCCCCC(C)C)O[Si]4(CCCCCC(C)C)O[Si]5(CCCCCC(C)C)O[Si](CCCCCC(C)C)(O3)O[Si](CCCCCC(C)C)(O[Si](CCCCCC(C)C)(O5)O[Si](CCCCCC(C)C)(O4)O1)O2. The summed E-state index contributed by atoms with van der Waals surface area (Å²) in [5.74, 6) is 3.78. The van der Waals surface area contributed by atoms with Crippen molar-refractivity contribution in [2.45, 2.75) is 357 Å². The van der Waals surface area contributed by atoms with Gasteiger partial charge in [0, 0.05) is 48.4 Å². The minimum atomic E-state index is -4.59. The molecule has 0 unspecified atom stereocenters. The average molecular weight is 1420 g/mol. The summed E-state index contributed by atoms with van der Waals surface area (Å²) in [4.78, 5) is 11.9. The molecule has 6 heterocycles. The monoisotopic (exact) mass is 1420 g/mol. The molecule has 90 heavy (non-hydrogen) atoms. The second kappa shape index (κ2) is 40.6. The number of hydrogen-bond acceptors (Lipinski definition) is 15. The summed E-state index contributed by atoms with van der Waals surface area (Å²) in [6.07, 6.45) is 33.1. The van der Waals surface area contributed by atoms with E-state index in [2.05, 4.69) is 110 Å². The van der Waals surface area contributed by atoms with Gasteiger partial charge in [-0.1, -0.05) is 258 Å². The van der Waals surface area contributed by atoms with Crippen LogP contribution < -0.4 is 0 Å². The highest BCUT2D eigenvalue weighted by atomic mass is 28.6. The van der Waals surface area contributed by atoms with Crippen LogP contribution in [0.1, 0.15) is 302 Å². The Morgan fingerprint density at radius 2 is 0.533 bits per heavy atom. The molecule has 0 N–H and O–H groups in total. The zero-order valence-electron chi connectivity index (χ0n) is 60.4. The fraction of sp³-hybridized carbons (Fsp3) is 0.955. The number of hydrogen-bond donors (Lipinski definition) is 0. The first-order chi connectivity index (χ1) is 42.7. The van der Waals surface area contributed by atoms with Crippen molar-refractivity contribution in [1.29, 1.82) is 0 Å². The van der Waals surface area contributed by atoms with Gasteiger partial charge in [0.25, 0.3) is 0 Å². The Hall–Kier alpha value is 0.642. The van der Waals surface area contributed by atoms with Crippen molar-refractivity contribution in [2.75, 3.05) is 6.61 Å². The van der Waals surface area contributed by atoms with Crippen molar-refractivity contribution in [3.8, 4) is 0 Å². The zero-order chi connectivity index (χ0) is 65.8. The molecule has 0 aliphatic carbocycles. The Labute approximate surface area is 563 Å². The topological polar surface area (TPSA) is 146 Å². The summed E-state index contributed by atoms with van der Waals surface area (Å²) in [5, 5.41) is 0. The predicted molar refractivity (Wildman–Crippen MR) is 383 cm³/mol. The summed E-state index contributed by atoms with van der Waals surface area (Å²) in [6.45, 7) is 38.6. The molecule has 6 aliphatic heterocycles. The average Bonchev–Trinajstić information content (AvgIpc) is 0.690. The number of ether oxygens (including phenoxy) is 1. The quantitative estimate of drug-likeness (QED) is 0.0246. The van der Waals surface area contributed by atoms with Crippen molar-refractivity contribution in [3.05, 3.63) is 12.7 Å². The molecule has 0 aromatic carbocycles. The molecule has 6 saturated heterocycles. The summed E-state index contributed by atoms with van der Waals surface area (Å²) in [6, 6.07) is 4.49. The molecule has 24 heteroatoms. The summed E-state index contributed by atoms with van der Waals surface area (Å²) >= 11 is 0. The van der Waals surface area contributed by atoms with E-state index in [0.717, 1.165) is 212 Å². The third kappa shape index (κ3) is 29.2. The van der Waals surface area contributed by atoms with Gasteiger partial charge in [-0.3, -0.25) is 0 Å². The molecule has 15 nitrogen and oxygen atoms in total. The Morgan fingerprint density at radius 1 is 0.322 bits per heavy atom. The van der Waals surface area contributed by atoms with Gasteiger partial charge in [-0.15, -0.1) is 0 Å². The molecule has 1 radical (unpaired) electrons. The van der Waals surface area contributed by atoms with Gasteiger partial charge < -0.3 is 58.2 Å². The van der Waals surface area contributed by atoms with E-state index < -0.39 is 79.7 Å². The lowest BCUT2D eigenvalue weighted by molar-refractivity contribution is -0.137. The minimum Gasteiger partial charge on any atom is -0.463 e. The van der Waals surface area contributed by atoms with E-state index in [1.54, 1.807) is 0 Å². The van der Waals surface area contributed by atoms with Crippen molar-refractivity contribution in [1.82, 2.24) is 0 Å². The van der Waals surface area contributed by atoms with E-state index in [1.165, 1.54) is 6.08 Å². The molecule has 527 valence electrons. The maximum Gasteiger partial charge on any atom is 0.646 e. The molecular formula is C66H137O15Si9. The molecule has 6 fully saturated rings. The van der Waals surface area contributed by atoms with Crippen molar-refractivity contribution >= 4 is 85.7 Å². The van der Waals surface area contributed by atoms with Gasteiger partial charge in [0.2, 0.25) is 9.04 Å². The van der Waals surface area contributed by atoms with Crippen LogP contribution in [-0.2, 0) is 63.0 Å². The van der Waals surface area contributed by atoms with E-state index in [0.29, 0.717) is 90.3 Å². The standard InChI is InChI=1S/C66H137O15Si9/c1-17-66(67)68-50-34-18-19-35-51-82(16)69-90-79-87(56-40-24-31-47-63(10)11)73-84(53-37-21-28-44-60(4)5)70-83(52-36-20-27-43-59(2)3)71-85(75-87,54-38-22-29-45-61(6)7)77-89(81-90,58-42-26-33-49-65(14)15)78-86(72-83,55-39-23-30-46-62(8)9)76-88(74-84,80-90)57-41-25-32-48-64(12)13/h17,59-65H,1,18-58H2,2-16H3. The molecule has 0 amide bonds. The molecule has 0 saturated carbocycles. The zero-order valence-corrected chi connectivity index (χ0v) is 69.4. The Balaban J connectivity index is 1.85. The second-order valence-electron chi connectivity index (χ2n) is 30.8. The van der Waals surface area contributed by atoms with Crippen LogP contribution in [0.4, 0.5) is 0 Å². The highest BCUT2D eigenvalue weighted by molar-refractivity contribution is 7.03. The van der Waals surface area contributed by atoms with E-state index in [9.17, 15) is 4.79 Å². The Kier molecular flexibility index (Phi) is 36.7. The van der Waals surface area contributed by atoms with Crippen molar-refractivity contribution < 1.29 is 63.0 Å². The van der Waals surface area contributed by atoms with E-state index >= 15 is 0 Å². The van der Waals surface area contributed by atoms with Crippen molar-refractivity contribution in [2.24, 2.45) is 41.4 Å². The van der Waals surface area contributed by atoms with E-state index in [4.69, 9.17) is 58.2 Å². The lowest BCUT2D eigenvalue weighted by Gasteiger charge is -2.63. The van der Waals surface area contributed by atoms with Crippen LogP contribution in [0.25, 0.3) is 0 Å². The van der Waals surface area contributed by atoms with Crippen LogP contribution in [0.2, 0.25) is 54.9 Å². The van der Waals surface area contributed by atoms with Crippen LogP contribution in [0.15, 0.2) is 12.7 Å². The minimum absolute atomic E-state index is 0.378. The first-order valence-corrected chi connectivity index (χ1v) is 54.7. The number of carbonyl (C=O) groups excluding carboxylic acids is 1. The van der Waals surface area contributed by atoms with Gasteiger partial charge in [0.15, 0.2) is 0 Å². The first kappa shape index (κ1) is 81.3. The molecule has 8 bridgehead atoms.